The third-order valence-electron chi connectivity index (χ3n) is 5.00. The van der Waals surface area contributed by atoms with Gasteiger partial charge in [-0.15, -0.1) is 0 Å². The van der Waals surface area contributed by atoms with E-state index in [9.17, 15) is 13.2 Å². The number of nitrogens with zero attached hydrogens (tertiary/aromatic N) is 1. The number of nitrogens with one attached hydrogen (secondary N) is 2. The zero-order valence-electron chi connectivity index (χ0n) is 16.3. The van der Waals surface area contributed by atoms with Gasteiger partial charge in [-0.3, -0.25) is 0 Å². The van der Waals surface area contributed by atoms with Gasteiger partial charge in [0, 0.05) is 24.5 Å². The van der Waals surface area contributed by atoms with Gasteiger partial charge in [-0.2, -0.15) is 4.31 Å². The molecule has 0 saturated heterocycles. The number of hydrogen-bond acceptors (Lipinski definition) is 3. The van der Waals surface area contributed by atoms with Crippen molar-refractivity contribution in [1.82, 2.24) is 4.31 Å². The van der Waals surface area contributed by atoms with Gasteiger partial charge >= 0.3 is 6.03 Å². The van der Waals surface area contributed by atoms with Crippen LogP contribution in [0.1, 0.15) is 11.1 Å². The molecule has 6 nitrogen and oxygen atoms in total. The quantitative estimate of drug-likeness (QED) is 0.531. The van der Waals surface area contributed by atoms with Crippen LogP contribution in [0.5, 0.6) is 0 Å². The first-order valence-corrected chi connectivity index (χ1v) is 11.7. The van der Waals surface area contributed by atoms with Crippen LogP contribution in [0.15, 0.2) is 71.6 Å². The van der Waals surface area contributed by atoms with Gasteiger partial charge in [0.1, 0.15) is 0 Å². The highest BCUT2D eigenvalue weighted by Gasteiger charge is 2.28. The number of urea groups is 1. The maximum atomic E-state index is 12.9. The molecule has 0 spiro atoms. The number of carbonyl (C=O) groups excluding carboxylic acids is 1. The predicted molar refractivity (Wildman–Crippen MR) is 123 cm³/mol. The van der Waals surface area contributed by atoms with Crippen molar-refractivity contribution in [2.45, 2.75) is 17.9 Å². The first-order chi connectivity index (χ1) is 14.8. The van der Waals surface area contributed by atoms with Crippen molar-refractivity contribution in [1.29, 1.82) is 0 Å². The van der Waals surface area contributed by atoms with Crippen LogP contribution >= 0.6 is 23.2 Å². The van der Waals surface area contributed by atoms with Gasteiger partial charge in [0.05, 0.1) is 14.9 Å². The van der Waals surface area contributed by atoms with E-state index in [1.54, 1.807) is 60.7 Å². The van der Waals surface area contributed by atoms with Crippen molar-refractivity contribution >= 4 is 50.6 Å². The van der Waals surface area contributed by atoms with Crippen molar-refractivity contribution in [2.75, 3.05) is 17.2 Å². The molecule has 0 saturated carbocycles. The Balaban J connectivity index is 1.48. The first kappa shape index (κ1) is 21.6. The van der Waals surface area contributed by atoms with Crippen LogP contribution in [0.2, 0.25) is 10.0 Å². The number of amides is 2. The molecular formula is C22H19Cl2N3O3S. The lowest BCUT2D eigenvalue weighted by Crippen LogP contribution is -2.36. The average Bonchev–Trinajstić information content (AvgIpc) is 2.76. The summed E-state index contributed by atoms with van der Waals surface area (Å²) in [4.78, 5) is 12.6. The average molecular weight is 476 g/mol. The summed E-state index contributed by atoms with van der Waals surface area (Å²) in [5.74, 6) is 0. The molecule has 4 rings (SSSR count). The summed E-state index contributed by atoms with van der Waals surface area (Å²) in [7, 11) is -3.58. The van der Waals surface area contributed by atoms with E-state index in [0.717, 1.165) is 11.1 Å². The van der Waals surface area contributed by atoms with E-state index in [1.807, 2.05) is 6.07 Å². The zero-order valence-corrected chi connectivity index (χ0v) is 18.6. The highest BCUT2D eigenvalue weighted by molar-refractivity contribution is 7.89. The minimum absolute atomic E-state index is 0.247. The minimum Gasteiger partial charge on any atom is -0.308 e. The van der Waals surface area contributed by atoms with Gasteiger partial charge in [-0.1, -0.05) is 47.5 Å². The van der Waals surface area contributed by atoms with E-state index >= 15 is 0 Å². The molecule has 160 valence electrons. The lowest BCUT2D eigenvalue weighted by molar-refractivity contribution is 0.262. The number of hydrogen-bond donors (Lipinski definition) is 2. The number of carbonyl (C=O) groups is 1. The smallest absolute Gasteiger partial charge is 0.308 e. The molecule has 9 heteroatoms. The molecule has 0 atom stereocenters. The zero-order chi connectivity index (χ0) is 22.0. The minimum atomic E-state index is -3.58. The summed E-state index contributed by atoms with van der Waals surface area (Å²) in [5.41, 5.74) is 2.99. The lowest BCUT2D eigenvalue weighted by atomic mass is 10.0. The maximum absolute atomic E-state index is 12.9. The molecule has 3 aromatic rings. The summed E-state index contributed by atoms with van der Waals surface area (Å²) < 4.78 is 27.3. The molecule has 3 aromatic carbocycles. The molecule has 2 N–H and O–H groups in total. The topological polar surface area (TPSA) is 78.5 Å². The van der Waals surface area contributed by atoms with E-state index in [4.69, 9.17) is 23.2 Å². The Hall–Kier alpha value is -2.58. The Morgan fingerprint density at radius 1 is 0.839 bits per heavy atom. The molecular weight excluding hydrogens is 457 g/mol. The fourth-order valence-corrected chi connectivity index (χ4v) is 5.16. The van der Waals surface area contributed by atoms with Gasteiger partial charge in [-0.05, 0) is 60.0 Å². The summed E-state index contributed by atoms with van der Waals surface area (Å²) in [6.45, 7) is 0.658. The second kappa shape index (κ2) is 8.88. The van der Waals surface area contributed by atoms with Crippen LogP contribution in [0.4, 0.5) is 16.2 Å². The molecule has 1 aliphatic rings. The van der Waals surface area contributed by atoms with Crippen LogP contribution in [-0.2, 0) is 23.0 Å². The SMILES string of the molecule is O=C(Nc1ccc(Cl)c(Cl)c1)Nc1ccc2c(c1)CN(S(=O)(=O)c1ccccc1)CC2. The number of sulfonamides is 1. The van der Waals surface area contributed by atoms with Crippen molar-refractivity contribution in [2.24, 2.45) is 0 Å². The van der Waals surface area contributed by atoms with Gasteiger partial charge in [0.15, 0.2) is 0 Å². The van der Waals surface area contributed by atoms with Crippen molar-refractivity contribution in [3.05, 3.63) is 87.9 Å². The normalized spacial score (nSPS) is 14.0. The standard InChI is InChI=1S/C22H19Cl2N3O3S/c23-20-9-8-18(13-21(20)24)26-22(28)25-17-7-6-15-10-11-27(14-16(15)12-17)31(29,30)19-4-2-1-3-5-19/h1-9,12-13H,10-11,14H2,(H2,25,26,28). The van der Waals surface area contributed by atoms with E-state index in [0.29, 0.717) is 34.4 Å². The van der Waals surface area contributed by atoms with Crippen LogP contribution in [0.25, 0.3) is 0 Å². The third-order valence-corrected chi connectivity index (χ3v) is 7.60. The Kier molecular flexibility index (Phi) is 6.20. The third kappa shape index (κ3) is 4.85. The van der Waals surface area contributed by atoms with Crippen molar-refractivity contribution in [3.63, 3.8) is 0 Å². The molecule has 1 aliphatic heterocycles. The molecule has 0 unspecified atom stereocenters. The number of rotatable bonds is 4. The largest absolute Gasteiger partial charge is 0.323 e. The summed E-state index contributed by atoms with van der Waals surface area (Å²) in [5, 5.41) is 6.20. The van der Waals surface area contributed by atoms with E-state index in [2.05, 4.69) is 10.6 Å². The van der Waals surface area contributed by atoms with Gasteiger partial charge in [0.25, 0.3) is 0 Å². The Morgan fingerprint density at radius 2 is 1.52 bits per heavy atom. The summed E-state index contributed by atoms with van der Waals surface area (Å²) in [6.07, 6.45) is 0.608. The van der Waals surface area contributed by atoms with Crippen molar-refractivity contribution in [3.8, 4) is 0 Å². The van der Waals surface area contributed by atoms with E-state index < -0.39 is 16.1 Å². The lowest BCUT2D eigenvalue weighted by Gasteiger charge is -2.28. The molecule has 0 aliphatic carbocycles. The predicted octanol–water partition coefficient (Wildman–Crippen LogP) is 5.38. The molecule has 1 heterocycles. The fraction of sp³-hybridized carbons (Fsp3) is 0.136. The highest BCUT2D eigenvalue weighted by atomic mass is 35.5. The monoisotopic (exact) mass is 475 g/mol. The Bertz CT molecular complexity index is 1230. The van der Waals surface area contributed by atoms with Gasteiger partial charge in [-0.25, -0.2) is 13.2 Å². The molecule has 31 heavy (non-hydrogen) atoms. The molecule has 2 amide bonds. The first-order valence-electron chi connectivity index (χ1n) is 9.53. The fourth-order valence-electron chi connectivity index (χ4n) is 3.42. The van der Waals surface area contributed by atoms with Crippen LogP contribution < -0.4 is 10.6 Å². The molecule has 0 bridgehead atoms. The summed E-state index contributed by atoms with van der Waals surface area (Å²) >= 11 is 11.9. The number of fused-ring (bicyclic) bond motifs is 1. The van der Waals surface area contributed by atoms with E-state index in [-0.39, 0.29) is 11.4 Å². The Morgan fingerprint density at radius 3 is 2.23 bits per heavy atom. The number of anilines is 2. The second-order valence-corrected chi connectivity index (χ2v) is 9.85. The van der Waals surface area contributed by atoms with E-state index in [1.165, 1.54) is 4.31 Å². The van der Waals surface area contributed by atoms with Gasteiger partial charge in [0.2, 0.25) is 10.0 Å². The maximum Gasteiger partial charge on any atom is 0.323 e. The molecule has 0 radical (unpaired) electrons. The van der Waals surface area contributed by atoms with Gasteiger partial charge < -0.3 is 10.6 Å². The number of halogens is 2. The second-order valence-electron chi connectivity index (χ2n) is 7.09. The Labute approximate surface area is 190 Å². The number of benzene rings is 3. The van der Waals surface area contributed by atoms with Crippen LogP contribution in [0, 0.1) is 0 Å². The van der Waals surface area contributed by atoms with Crippen molar-refractivity contribution < 1.29 is 13.2 Å². The van der Waals surface area contributed by atoms with Crippen LogP contribution in [-0.4, -0.2) is 25.3 Å². The summed E-state index contributed by atoms with van der Waals surface area (Å²) in [6, 6.07) is 18.3. The molecule has 0 fully saturated rings. The molecule has 0 aromatic heterocycles. The highest BCUT2D eigenvalue weighted by Crippen LogP contribution is 2.28. The van der Waals surface area contributed by atoms with Crippen LogP contribution in [0.3, 0.4) is 0 Å².